The van der Waals surface area contributed by atoms with Gasteiger partial charge in [0.1, 0.15) is 6.04 Å². The molecule has 104 valence electrons. The van der Waals surface area contributed by atoms with E-state index in [0.717, 1.165) is 15.8 Å². The summed E-state index contributed by atoms with van der Waals surface area (Å²) >= 11 is 5.10. The molecule has 0 aliphatic carbocycles. The molecule has 1 aliphatic rings. The van der Waals surface area contributed by atoms with Gasteiger partial charge in [0, 0.05) is 22.3 Å². The summed E-state index contributed by atoms with van der Waals surface area (Å²) in [6, 6.07) is 1.62. The molecule has 2 amide bonds. The molecule has 1 N–H and O–H groups in total. The molecule has 1 saturated heterocycles. The number of nitrogens with zero attached hydrogens (tertiary/aromatic N) is 1. The van der Waals surface area contributed by atoms with E-state index < -0.39 is 0 Å². The Balaban J connectivity index is 2.12. The molecule has 0 saturated carbocycles. The van der Waals surface area contributed by atoms with Crippen molar-refractivity contribution < 1.29 is 9.59 Å². The molecule has 0 radical (unpaired) electrons. The van der Waals surface area contributed by atoms with Gasteiger partial charge in [-0.1, -0.05) is 13.3 Å². The van der Waals surface area contributed by atoms with Gasteiger partial charge in [-0.25, -0.2) is 0 Å². The number of halogens is 1. The predicted molar refractivity (Wildman–Crippen MR) is 78.9 cm³/mol. The molecule has 1 aliphatic heterocycles. The zero-order valence-corrected chi connectivity index (χ0v) is 13.2. The van der Waals surface area contributed by atoms with Crippen molar-refractivity contribution in [1.82, 2.24) is 10.2 Å². The van der Waals surface area contributed by atoms with E-state index in [1.165, 1.54) is 0 Å². The van der Waals surface area contributed by atoms with Crippen LogP contribution >= 0.6 is 27.3 Å². The fraction of sp³-hybridized carbons (Fsp3) is 0.538. The molecule has 1 fully saturated rings. The van der Waals surface area contributed by atoms with Gasteiger partial charge < -0.3 is 10.2 Å². The maximum absolute atomic E-state index is 12.4. The summed E-state index contributed by atoms with van der Waals surface area (Å²) in [5, 5.41) is 4.81. The molecule has 4 nitrogen and oxygen atoms in total. The summed E-state index contributed by atoms with van der Waals surface area (Å²) in [4.78, 5) is 27.0. The van der Waals surface area contributed by atoms with Gasteiger partial charge in [0.15, 0.2) is 0 Å². The third kappa shape index (κ3) is 3.57. The van der Waals surface area contributed by atoms with Crippen LogP contribution in [0.25, 0.3) is 0 Å². The minimum atomic E-state index is -0.362. The van der Waals surface area contributed by atoms with Crippen molar-refractivity contribution in [3.05, 3.63) is 20.8 Å². The van der Waals surface area contributed by atoms with E-state index in [4.69, 9.17) is 0 Å². The number of carbonyl (C=O) groups excluding carboxylic acids is 2. The highest BCUT2D eigenvalue weighted by Crippen LogP contribution is 2.25. The Morgan fingerprint density at radius 3 is 2.95 bits per heavy atom. The maximum Gasteiger partial charge on any atom is 0.245 e. The minimum Gasteiger partial charge on any atom is -0.344 e. The number of carbonyl (C=O) groups is 2. The Hall–Kier alpha value is -0.880. The van der Waals surface area contributed by atoms with Crippen LogP contribution in [0.5, 0.6) is 0 Å². The van der Waals surface area contributed by atoms with E-state index in [2.05, 4.69) is 21.2 Å². The van der Waals surface area contributed by atoms with Crippen molar-refractivity contribution in [2.45, 2.75) is 38.8 Å². The largest absolute Gasteiger partial charge is 0.344 e. The second-order valence-corrected chi connectivity index (χ2v) is 6.47. The lowest BCUT2D eigenvalue weighted by Crippen LogP contribution is -2.44. The average Bonchev–Trinajstić information content (AvgIpc) is 2.73. The molecule has 0 aromatic carbocycles. The zero-order valence-electron chi connectivity index (χ0n) is 10.8. The Kier molecular flexibility index (Phi) is 4.99. The summed E-state index contributed by atoms with van der Waals surface area (Å²) in [7, 11) is 0. The molecule has 6 heteroatoms. The SMILES string of the molecule is CCCC1NC(=O)CCN(Cc2sccc2Br)C1=O. The van der Waals surface area contributed by atoms with Crippen molar-refractivity contribution in [2.75, 3.05) is 6.54 Å². The first-order valence-corrected chi connectivity index (χ1v) is 8.09. The predicted octanol–water partition coefficient (Wildman–Crippen LogP) is 2.53. The van der Waals surface area contributed by atoms with Gasteiger partial charge in [-0.05, 0) is 33.8 Å². The van der Waals surface area contributed by atoms with Crippen LogP contribution in [0.3, 0.4) is 0 Å². The molecule has 2 rings (SSSR count). The van der Waals surface area contributed by atoms with Crippen molar-refractivity contribution >= 4 is 39.1 Å². The van der Waals surface area contributed by atoms with E-state index >= 15 is 0 Å². The number of nitrogens with one attached hydrogen (secondary N) is 1. The highest BCUT2D eigenvalue weighted by Gasteiger charge is 2.29. The second-order valence-electron chi connectivity index (χ2n) is 4.61. The molecule has 19 heavy (non-hydrogen) atoms. The van der Waals surface area contributed by atoms with Crippen LogP contribution < -0.4 is 5.32 Å². The van der Waals surface area contributed by atoms with Crippen LogP contribution in [0, 0.1) is 0 Å². The first-order chi connectivity index (χ1) is 9.11. The molecule has 1 aromatic heterocycles. The first-order valence-electron chi connectivity index (χ1n) is 6.41. The summed E-state index contributed by atoms with van der Waals surface area (Å²) < 4.78 is 1.03. The smallest absolute Gasteiger partial charge is 0.245 e. The topological polar surface area (TPSA) is 49.4 Å². The van der Waals surface area contributed by atoms with Crippen LogP contribution in [0.1, 0.15) is 31.1 Å². The highest BCUT2D eigenvalue weighted by molar-refractivity contribution is 9.10. The molecule has 0 bridgehead atoms. The number of thiophene rings is 1. The van der Waals surface area contributed by atoms with Crippen LogP contribution in [0.4, 0.5) is 0 Å². The van der Waals surface area contributed by atoms with E-state index in [1.54, 1.807) is 16.2 Å². The fourth-order valence-corrected chi connectivity index (χ4v) is 3.64. The monoisotopic (exact) mass is 344 g/mol. The average molecular weight is 345 g/mol. The Morgan fingerprint density at radius 1 is 1.53 bits per heavy atom. The minimum absolute atomic E-state index is 0.0282. The van der Waals surface area contributed by atoms with Gasteiger partial charge in [-0.15, -0.1) is 11.3 Å². The molecule has 1 unspecified atom stereocenters. The number of hydrogen-bond acceptors (Lipinski definition) is 3. The lowest BCUT2D eigenvalue weighted by molar-refractivity contribution is -0.134. The van der Waals surface area contributed by atoms with Crippen molar-refractivity contribution in [1.29, 1.82) is 0 Å². The Labute approximate surface area is 125 Å². The van der Waals surface area contributed by atoms with E-state index in [-0.39, 0.29) is 17.9 Å². The van der Waals surface area contributed by atoms with E-state index in [1.807, 2.05) is 18.4 Å². The highest BCUT2D eigenvalue weighted by atomic mass is 79.9. The Bertz CT molecular complexity index is 475. The van der Waals surface area contributed by atoms with Crippen LogP contribution in [-0.4, -0.2) is 29.3 Å². The van der Waals surface area contributed by atoms with Gasteiger partial charge in [0.2, 0.25) is 11.8 Å². The van der Waals surface area contributed by atoms with Crippen LogP contribution in [0.15, 0.2) is 15.9 Å². The maximum atomic E-state index is 12.4. The lowest BCUT2D eigenvalue weighted by Gasteiger charge is -2.23. The van der Waals surface area contributed by atoms with Gasteiger partial charge >= 0.3 is 0 Å². The normalized spacial score (nSPS) is 20.3. The van der Waals surface area contributed by atoms with Gasteiger partial charge in [-0.3, -0.25) is 9.59 Å². The van der Waals surface area contributed by atoms with Crippen molar-refractivity contribution in [3.8, 4) is 0 Å². The first kappa shape index (κ1) is 14.5. The summed E-state index contributed by atoms with van der Waals surface area (Å²) in [6.07, 6.45) is 1.97. The van der Waals surface area contributed by atoms with Gasteiger partial charge in [0.05, 0.1) is 6.54 Å². The van der Waals surface area contributed by atoms with E-state index in [0.29, 0.717) is 25.9 Å². The third-order valence-corrected chi connectivity index (χ3v) is 5.07. The van der Waals surface area contributed by atoms with E-state index in [9.17, 15) is 9.59 Å². The molecule has 1 atom stereocenters. The molecular formula is C13H17BrN2O2S. The third-order valence-electron chi connectivity index (χ3n) is 3.16. The van der Waals surface area contributed by atoms with Crippen LogP contribution in [-0.2, 0) is 16.1 Å². The van der Waals surface area contributed by atoms with Gasteiger partial charge in [-0.2, -0.15) is 0 Å². The van der Waals surface area contributed by atoms with Gasteiger partial charge in [0.25, 0.3) is 0 Å². The lowest BCUT2D eigenvalue weighted by atomic mass is 10.1. The van der Waals surface area contributed by atoms with Crippen molar-refractivity contribution in [2.24, 2.45) is 0 Å². The standard InChI is InChI=1S/C13H17BrN2O2S/c1-2-3-10-13(18)16(6-4-12(17)15-10)8-11-9(14)5-7-19-11/h5,7,10H,2-4,6,8H2,1H3,(H,15,17). The quantitative estimate of drug-likeness (QED) is 0.912. The molecule has 1 aromatic rings. The molecule has 0 spiro atoms. The number of rotatable bonds is 4. The van der Waals surface area contributed by atoms with Crippen molar-refractivity contribution in [3.63, 3.8) is 0 Å². The molecule has 2 heterocycles. The summed E-state index contributed by atoms with van der Waals surface area (Å²) in [6.45, 7) is 3.09. The van der Waals surface area contributed by atoms with Crippen LogP contribution in [0.2, 0.25) is 0 Å². The Morgan fingerprint density at radius 2 is 2.32 bits per heavy atom. The molecular weight excluding hydrogens is 328 g/mol. The summed E-state index contributed by atoms with van der Waals surface area (Å²) in [5.74, 6) is 0.00699. The number of amides is 2. The second kappa shape index (κ2) is 6.52. The summed E-state index contributed by atoms with van der Waals surface area (Å²) in [5.41, 5.74) is 0. The number of hydrogen-bond donors (Lipinski definition) is 1. The fourth-order valence-electron chi connectivity index (χ4n) is 2.15. The zero-order chi connectivity index (χ0) is 13.8.